The van der Waals surface area contributed by atoms with Crippen molar-refractivity contribution < 1.29 is 69.4 Å². The lowest BCUT2D eigenvalue weighted by molar-refractivity contribution is -0.365. The van der Waals surface area contributed by atoms with Gasteiger partial charge < -0.3 is 59.8 Å². The third-order valence-electron chi connectivity index (χ3n) is 17.2. The normalized spacial score (nSPS) is 52.3. The molecule has 0 bridgehead atoms. The number of aliphatic hydroxyl groups is 6. The van der Waals surface area contributed by atoms with Crippen LogP contribution in [0, 0.1) is 50.2 Å². The minimum atomic E-state index is -1.93. The number of fused-ring (bicyclic) bond motifs is 7. The number of rotatable bonds is 7. The molecule has 0 spiro atoms. The van der Waals surface area contributed by atoms with Gasteiger partial charge in [0.25, 0.3) is 0 Å². The van der Waals surface area contributed by atoms with Gasteiger partial charge in [0, 0.05) is 0 Å². The second kappa shape index (κ2) is 14.2. The van der Waals surface area contributed by atoms with E-state index in [0.29, 0.717) is 18.8 Å². The van der Waals surface area contributed by atoms with E-state index >= 15 is 0 Å². The molecule has 6 fully saturated rings. The summed E-state index contributed by atoms with van der Waals surface area (Å²) in [6, 6.07) is 0. The maximum atomic E-state index is 13.0. The average molecular weight is 795 g/mol. The minimum Gasteiger partial charge on any atom is -0.481 e. The third kappa shape index (κ3) is 6.17. The maximum absolute atomic E-state index is 13.0. The molecule has 0 aromatic rings. The van der Waals surface area contributed by atoms with Crippen LogP contribution in [-0.2, 0) is 28.5 Å². The molecular weight excluding hydrogens is 728 g/mol. The Balaban J connectivity index is 1.13. The van der Waals surface area contributed by atoms with Crippen molar-refractivity contribution in [3.8, 4) is 0 Å². The monoisotopic (exact) mass is 794 g/mol. The number of hydrogen-bond acceptors (Lipinski definition) is 12. The largest absolute Gasteiger partial charge is 0.481 e. The van der Waals surface area contributed by atoms with Gasteiger partial charge in [0.1, 0.15) is 42.7 Å². The van der Waals surface area contributed by atoms with Crippen molar-refractivity contribution in [3.05, 3.63) is 11.6 Å². The minimum absolute atomic E-state index is 0.0231. The lowest BCUT2D eigenvalue weighted by Gasteiger charge is -2.71. The first-order chi connectivity index (χ1) is 26.0. The molecule has 0 radical (unpaired) electrons. The number of ether oxygens (including phenoxy) is 4. The molecule has 56 heavy (non-hydrogen) atoms. The molecule has 14 heteroatoms. The van der Waals surface area contributed by atoms with Crippen molar-refractivity contribution in [2.75, 3.05) is 6.61 Å². The first-order valence-electron chi connectivity index (χ1n) is 20.8. The highest BCUT2D eigenvalue weighted by Crippen LogP contribution is 2.76. The van der Waals surface area contributed by atoms with Crippen LogP contribution in [0.1, 0.15) is 113 Å². The smallest absolute Gasteiger partial charge is 0.335 e. The van der Waals surface area contributed by atoms with Crippen LogP contribution in [0.25, 0.3) is 0 Å². The lowest BCUT2D eigenvalue weighted by atomic mass is 9.33. The molecule has 0 amide bonds. The van der Waals surface area contributed by atoms with Gasteiger partial charge in [0.15, 0.2) is 18.7 Å². The van der Waals surface area contributed by atoms with Crippen LogP contribution in [0.15, 0.2) is 11.6 Å². The molecule has 2 heterocycles. The summed E-state index contributed by atoms with van der Waals surface area (Å²) in [4.78, 5) is 25.4. The molecule has 0 aromatic carbocycles. The maximum Gasteiger partial charge on any atom is 0.335 e. The predicted octanol–water partition coefficient (Wildman–Crippen LogP) is 2.97. The molecule has 7 aliphatic rings. The summed E-state index contributed by atoms with van der Waals surface area (Å²) in [7, 11) is 0. The molecule has 4 saturated carbocycles. The Hall–Kier alpha value is -1.72. The predicted molar refractivity (Wildman–Crippen MR) is 198 cm³/mol. The van der Waals surface area contributed by atoms with Gasteiger partial charge in [-0.1, -0.05) is 60.1 Å². The Morgan fingerprint density at radius 1 is 0.750 bits per heavy atom. The summed E-state index contributed by atoms with van der Waals surface area (Å²) >= 11 is 0. The van der Waals surface area contributed by atoms with Gasteiger partial charge in [-0.25, -0.2) is 4.79 Å². The van der Waals surface area contributed by atoms with Gasteiger partial charge in [0.05, 0.1) is 18.1 Å². The molecule has 7 rings (SSSR count). The third-order valence-corrected chi connectivity index (χ3v) is 17.2. The van der Waals surface area contributed by atoms with Gasteiger partial charge in [0.2, 0.25) is 0 Å². The zero-order chi connectivity index (χ0) is 41.1. The van der Waals surface area contributed by atoms with E-state index in [9.17, 15) is 50.4 Å². The van der Waals surface area contributed by atoms with Gasteiger partial charge in [-0.3, -0.25) is 4.79 Å². The number of allylic oxidation sites excluding steroid dienone is 2. The van der Waals surface area contributed by atoms with Crippen LogP contribution < -0.4 is 0 Å². The van der Waals surface area contributed by atoms with Crippen molar-refractivity contribution in [1.29, 1.82) is 0 Å². The Morgan fingerprint density at radius 3 is 2.05 bits per heavy atom. The number of carboxylic acid groups (broad SMARTS) is 2. The van der Waals surface area contributed by atoms with Crippen molar-refractivity contribution in [1.82, 2.24) is 0 Å². The SMILES string of the molecule is CC1(C)CC[C@]2(C(=O)O)CC[C@]3(C)C(=CC[C@@H]4[C@]5(C)CC[C@H](O[C@@H]6O[C@H](C(=O)O)[C@@H](O)[C@H](O[C@@H]7O[C@H](CO)[C@@H](O)[C@H](O)[C@H]7O)[C@H]6O)C(C)(C)[C@H]5CC[C@]43C)[C@H]2C1. The van der Waals surface area contributed by atoms with E-state index in [1.54, 1.807) is 0 Å². The highest BCUT2D eigenvalue weighted by atomic mass is 16.7. The van der Waals surface area contributed by atoms with Gasteiger partial charge in [-0.15, -0.1) is 0 Å². The summed E-state index contributed by atoms with van der Waals surface area (Å²) in [5.74, 6) is -1.64. The Bertz CT molecular complexity index is 1560. The van der Waals surface area contributed by atoms with Crippen LogP contribution in [0.2, 0.25) is 0 Å². The number of aliphatic carboxylic acids is 2. The highest BCUT2D eigenvalue weighted by molar-refractivity contribution is 5.76. The summed E-state index contributed by atoms with van der Waals surface area (Å²) in [6.07, 6.45) is -7.02. The average Bonchev–Trinajstić information content (AvgIpc) is 3.11. The van der Waals surface area contributed by atoms with Crippen LogP contribution in [0.4, 0.5) is 0 Å². The van der Waals surface area contributed by atoms with Crippen molar-refractivity contribution >= 4 is 11.9 Å². The van der Waals surface area contributed by atoms with Gasteiger partial charge in [-0.2, -0.15) is 0 Å². The van der Waals surface area contributed by atoms with E-state index in [4.69, 9.17) is 18.9 Å². The summed E-state index contributed by atoms with van der Waals surface area (Å²) in [5, 5.41) is 84.1. The molecular formula is C42H66O14. The standard InChI is InChI=1S/C42H66O14/c1-37(2)14-16-42(36(51)52)17-15-40(6)20(21(42)18-37)8-9-24-39(5)12-11-25(38(3,4)23(39)10-13-41(24,40)7)54-35-30(48)31(29(47)32(56-35)33(49)50)55-34-28(46)27(45)26(44)22(19-43)53-34/h8,21-32,34-35,43-48H,9-19H2,1-7H3,(H,49,50)(H,51,52)/t21-,22-,23-,24-,25+,26-,27+,28-,29+,30-,31+,32+,34+,35-,39-,40-,41-,42+/m1/s1. The Labute approximate surface area is 329 Å². The number of carbonyl (C=O) groups is 2. The van der Waals surface area contributed by atoms with Crippen LogP contribution >= 0.6 is 0 Å². The van der Waals surface area contributed by atoms with E-state index in [0.717, 1.165) is 51.4 Å². The molecule has 0 unspecified atom stereocenters. The van der Waals surface area contributed by atoms with Crippen LogP contribution in [-0.4, -0.2) is 127 Å². The molecule has 2 aliphatic heterocycles. The quantitative estimate of drug-likeness (QED) is 0.137. The fraction of sp³-hybridized carbons (Fsp3) is 0.905. The van der Waals surface area contributed by atoms with Crippen molar-refractivity contribution in [3.63, 3.8) is 0 Å². The van der Waals surface area contributed by atoms with E-state index in [1.165, 1.54) is 5.57 Å². The topological polar surface area (TPSA) is 233 Å². The van der Waals surface area contributed by atoms with Gasteiger partial charge in [-0.05, 0) is 109 Å². The second-order valence-electron chi connectivity index (χ2n) is 20.7. The van der Waals surface area contributed by atoms with Gasteiger partial charge >= 0.3 is 11.9 Å². The fourth-order valence-corrected chi connectivity index (χ4v) is 13.7. The Morgan fingerprint density at radius 2 is 1.41 bits per heavy atom. The molecule has 14 nitrogen and oxygen atoms in total. The second-order valence-corrected chi connectivity index (χ2v) is 20.7. The number of hydrogen-bond donors (Lipinski definition) is 8. The van der Waals surface area contributed by atoms with E-state index in [2.05, 4.69) is 54.5 Å². The van der Waals surface area contributed by atoms with Crippen molar-refractivity contribution in [2.24, 2.45) is 50.2 Å². The lowest BCUT2D eigenvalue weighted by Crippen LogP contribution is -2.67. The number of aliphatic hydroxyl groups excluding tert-OH is 6. The summed E-state index contributed by atoms with van der Waals surface area (Å²) in [5.41, 5.74) is -0.0185. The van der Waals surface area contributed by atoms with Crippen molar-refractivity contribution in [2.45, 2.75) is 180 Å². The molecule has 0 aromatic heterocycles. The molecule has 8 N–H and O–H groups in total. The zero-order valence-electron chi connectivity index (χ0n) is 34.0. The van der Waals surface area contributed by atoms with E-state index < -0.39 is 96.9 Å². The molecule has 318 valence electrons. The van der Waals surface area contributed by atoms with Crippen LogP contribution in [0.3, 0.4) is 0 Å². The molecule has 2 saturated heterocycles. The van der Waals surface area contributed by atoms with E-state index in [1.807, 2.05) is 0 Å². The number of carboxylic acids is 2. The highest BCUT2D eigenvalue weighted by Gasteiger charge is 2.69. The molecule has 18 atom stereocenters. The first kappa shape index (κ1) is 42.4. The summed E-state index contributed by atoms with van der Waals surface area (Å²) in [6.45, 7) is 15.4. The first-order valence-corrected chi connectivity index (χ1v) is 20.8. The van der Waals surface area contributed by atoms with Crippen LogP contribution in [0.5, 0.6) is 0 Å². The summed E-state index contributed by atoms with van der Waals surface area (Å²) < 4.78 is 23.5. The Kier molecular flexibility index (Phi) is 10.8. The fourth-order valence-electron chi connectivity index (χ4n) is 13.7. The van der Waals surface area contributed by atoms with E-state index in [-0.39, 0.29) is 33.5 Å². The molecule has 5 aliphatic carbocycles. The zero-order valence-corrected chi connectivity index (χ0v) is 34.0.